The number of hydrogen-bond donors (Lipinski definition) is 1. The molecule has 0 atom stereocenters. The molecular formula is C16H16ClN3O3. The van der Waals surface area contributed by atoms with E-state index in [0.29, 0.717) is 29.8 Å². The number of nitrogens with zero attached hydrogens (tertiary/aromatic N) is 2. The van der Waals surface area contributed by atoms with Gasteiger partial charge in [-0.25, -0.2) is 0 Å². The highest BCUT2D eigenvalue weighted by Gasteiger charge is 2.21. The number of amides is 2. The van der Waals surface area contributed by atoms with E-state index in [1.165, 1.54) is 0 Å². The van der Waals surface area contributed by atoms with Crippen LogP contribution >= 0.6 is 11.6 Å². The van der Waals surface area contributed by atoms with Crippen molar-refractivity contribution < 1.29 is 14.1 Å². The van der Waals surface area contributed by atoms with Crippen molar-refractivity contribution in [1.29, 1.82) is 0 Å². The van der Waals surface area contributed by atoms with Gasteiger partial charge in [-0.05, 0) is 48.7 Å². The Morgan fingerprint density at radius 2 is 2.22 bits per heavy atom. The number of aromatic nitrogens is 1. The number of carbonyl (C=O) groups excluding carboxylic acids is 2. The maximum atomic E-state index is 12.2. The maximum Gasteiger partial charge on any atom is 0.229 e. The van der Waals surface area contributed by atoms with Crippen LogP contribution in [-0.2, 0) is 22.4 Å². The number of aryl methyl sites for hydroxylation is 2. The van der Waals surface area contributed by atoms with Crippen LogP contribution in [0.4, 0.5) is 11.4 Å². The lowest BCUT2D eigenvalue weighted by molar-refractivity contribution is -0.118. The summed E-state index contributed by atoms with van der Waals surface area (Å²) in [6, 6.07) is 5.53. The number of fused-ring (bicyclic) bond motifs is 1. The molecule has 1 aliphatic heterocycles. The van der Waals surface area contributed by atoms with Gasteiger partial charge in [0.25, 0.3) is 0 Å². The fourth-order valence-corrected chi connectivity index (χ4v) is 2.90. The first-order chi connectivity index (χ1) is 11.0. The van der Waals surface area contributed by atoms with Gasteiger partial charge in [0.15, 0.2) is 0 Å². The predicted octanol–water partition coefficient (Wildman–Crippen LogP) is 2.73. The van der Waals surface area contributed by atoms with Gasteiger partial charge in [0.2, 0.25) is 17.0 Å². The number of nitrogens with one attached hydrogen (secondary N) is 1. The summed E-state index contributed by atoms with van der Waals surface area (Å²) in [6.07, 6.45) is 1.26. The number of benzene rings is 1. The van der Waals surface area contributed by atoms with Gasteiger partial charge in [-0.3, -0.25) is 9.59 Å². The van der Waals surface area contributed by atoms with Gasteiger partial charge >= 0.3 is 0 Å². The normalized spacial score (nSPS) is 13.9. The third-order valence-electron chi connectivity index (χ3n) is 3.98. The molecule has 2 heterocycles. The highest BCUT2D eigenvalue weighted by molar-refractivity contribution is 6.29. The monoisotopic (exact) mass is 333 g/mol. The summed E-state index contributed by atoms with van der Waals surface area (Å²) < 4.78 is 4.84. The first-order valence-corrected chi connectivity index (χ1v) is 7.63. The van der Waals surface area contributed by atoms with Crippen molar-refractivity contribution in [2.24, 2.45) is 0 Å². The van der Waals surface area contributed by atoms with E-state index in [-0.39, 0.29) is 23.5 Å². The first-order valence-electron chi connectivity index (χ1n) is 7.25. The van der Waals surface area contributed by atoms with Gasteiger partial charge in [0.1, 0.15) is 0 Å². The van der Waals surface area contributed by atoms with Gasteiger partial charge in [0.05, 0.1) is 12.1 Å². The van der Waals surface area contributed by atoms with E-state index in [4.69, 9.17) is 16.1 Å². The molecule has 120 valence electrons. The Hall–Kier alpha value is -2.34. The van der Waals surface area contributed by atoms with Crippen molar-refractivity contribution in [1.82, 2.24) is 5.16 Å². The van der Waals surface area contributed by atoms with E-state index in [2.05, 4.69) is 10.5 Å². The molecule has 1 aliphatic rings. The molecule has 0 saturated carbocycles. The minimum atomic E-state index is -0.196. The third-order valence-corrected chi connectivity index (χ3v) is 4.28. The molecular weight excluding hydrogens is 318 g/mol. The van der Waals surface area contributed by atoms with E-state index in [1.54, 1.807) is 24.9 Å². The molecule has 3 rings (SSSR count). The van der Waals surface area contributed by atoms with E-state index < -0.39 is 0 Å². The SMILES string of the molecule is Cc1noc(Cl)c1CC(=O)Nc1ccc2c(c1)CCC(=O)N2C. The zero-order valence-electron chi connectivity index (χ0n) is 12.9. The lowest BCUT2D eigenvalue weighted by Gasteiger charge is -2.26. The van der Waals surface area contributed by atoms with Gasteiger partial charge in [-0.1, -0.05) is 5.16 Å². The molecule has 1 aromatic carbocycles. The predicted molar refractivity (Wildman–Crippen MR) is 86.8 cm³/mol. The van der Waals surface area contributed by atoms with Crippen LogP contribution in [0.2, 0.25) is 5.22 Å². The van der Waals surface area contributed by atoms with Gasteiger partial charge < -0.3 is 14.7 Å². The number of anilines is 2. The van der Waals surface area contributed by atoms with Crippen molar-refractivity contribution in [2.45, 2.75) is 26.2 Å². The van der Waals surface area contributed by atoms with Crippen molar-refractivity contribution in [2.75, 3.05) is 17.3 Å². The van der Waals surface area contributed by atoms with Crippen molar-refractivity contribution in [3.8, 4) is 0 Å². The van der Waals surface area contributed by atoms with Crippen LogP contribution in [0.25, 0.3) is 0 Å². The van der Waals surface area contributed by atoms with Gasteiger partial charge in [-0.15, -0.1) is 0 Å². The second-order valence-corrected chi connectivity index (χ2v) is 5.88. The van der Waals surface area contributed by atoms with E-state index >= 15 is 0 Å². The lowest BCUT2D eigenvalue weighted by Crippen LogP contribution is -2.31. The Morgan fingerprint density at radius 1 is 1.43 bits per heavy atom. The molecule has 23 heavy (non-hydrogen) atoms. The number of rotatable bonds is 3. The van der Waals surface area contributed by atoms with Crippen LogP contribution in [0, 0.1) is 6.92 Å². The first kappa shape index (κ1) is 15.6. The number of halogens is 1. The number of carbonyl (C=O) groups is 2. The van der Waals surface area contributed by atoms with Crippen LogP contribution in [0.3, 0.4) is 0 Å². The molecule has 6 nitrogen and oxygen atoms in total. The van der Waals surface area contributed by atoms with Gasteiger partial charge in [-0.2, -0.15) is 0 Å². The Bertz CT molecular complexity index is 765. The minimum Gasteiger partial charge on any atom is -0.344 e. The largest absolute Gasteiger partial charge is 0.344 e. The Balaban J connectivity index is 1.74. The van der Waals surface area contributed by atoms with Crippen LogP contribution in [0.5, 0.6) is 0 Å². The van der Waals surface area contributed by atoms with E-state index in [1.807, 2.05) is 12.1 Å². The second kappa shape index (κ2) is 6.04. The molecule has 7 heteroatoms. The molecule has 0 spiro atoms. The highest BCUT2D eigenvalue weighted by atomic mass is 35.5. The average molecular weight is 334 g/mol. The summed E-state index contributed by atoms with van der Waals surface area (Å²) in [5, 5.41) is 6.71. The van der Waals surface area contributed by atoms with Crippen LogP contribution in [-0.4, -0.2) is 24.0 Å². The molecule has 0 unspecified atom stereocenters. The smallest absolute Gasteiger partial charge is 0.229 e. The average Bonchev–Trinajstić information content (AvgIpc) is 2.83. The number of hydrogen-bond acceptors (Lipinski definition) is 4. The molecule has 1 N–H and O–H groups in total. The molecule has 0 aliphatic carbocycles. The Labute approximate surface area is 138 Å². The third kappa shape index (κ3) is 3.07. The standard InChI is InChI=1S/C16H16ClN3O3/c1-9-12(16(17)23-19-9)8-14(21)18-11-4-5-13-10(7-11)3-6-15(22)20(13)2/h4-5,7H,3,6,8H2,1-2H3,(H,18,21). The van der Waals surface area contributed by atoms with Crippen molar-refractivity contribution in [3.63, 3.8) is 0 Å². The highest BCUT2D eigenvalue weighted by Crippen LogP contribution is 2.29. The van der Waals surface area contributed by atoms with Crippen LogP contribution < -0.4 is 10.2 Å². The summed E-state index contributed by atoms with van der Waals surface area (Å²) in [7, 11) is 1.76. The minimum absolute atomic E-state index is 0.101. The zero-order valence-corrected chi connectivity index (χ0v) is 13.6. The van der Waals surface area contributed by atoms with Crippen LogP contribution in [0.1, 0.15) is 23.2 Å². The van der Waals surface area contributed by atoms with Crippen LogP contribution in [0.15, 0.2) is 22.7 Å². The topological polar surface area (TPSA) is 75.4 Å². The molecule has 0 fully saturated rings. The molecule has 2 aromatic rings. The molecule has 1 aromatic heterocycles. The molecule has 0 bridgehead atoms. The molecule has 2 amide bonds. The summed E-state index contributed by atoms with van der Waals surface area (Å²) in [5.41, 5.74) is 3.83. The van der Waals surface area contributed by atoms with E-state index in [0.717, 1.165) is 11.3 Å². The zero-order chi connectivity index (χ0) is 16.6. The Morgan fingerprint density at radius 3 is 2.91 bits per heavy atom. The fourth-order valence-electron chi connectivity index (χ4n) is 2.66. The molecule has 0 saturated heterocycles. The Kier molecular flexibility index (Phi) is 4.09. The summed E-state index contributed by atoms with van der Waals surface area (Å²) in [6.45, 7) is 1.74. The maximum absolute atomic E-state index is 12.2. The fraction of sp³-hybridized carbons (Fsp3) is 0.312. The van der Waals surface area contributed by atoms with Crippen molar-refractivity contribution in [3.05, 3.63) is 40.2 Å². The van der Waals surface area contributed by atoms with Gasteiger partial charge in [0, 0.05) is 30.4 Å². The quantitative estimate of drug-likeness (QED) is 0.937. The molecule has 0 radical (unpaired) electrons. The second-order valence-electron chi connectivity index (χ2n) is 5.54. The van der Waals surface area contributed by atoms with E-state index in [9.17, 15) is 9.59 Å². The summed E-state index contributed by atoms with van der Waals surface area (Å²) >= 11 is 5.87. The lowest BCUT2D eigenvalue weighted by atomic mass is 10.0. The summed E-state index contributed by atoms with van der Waals surface area (Å²) in [4.78, 5) is 25.5. The summed E-state index contributed by atoms with van der Waals surface area (Å²) in [5.74, 6) is -0.0924. The van der Waals surface area contributed by atoms with Crippen molar-refractivity contribution >= 4 is 34.8 Å².